The Morgan fingerprint density at radius 1 is 1.75 bits per heavy atom. The van der Waals surface area contributed by atoms with Gasteiger partial charge in [-0.1, -0.05) is 19.4 Å². The first kappa shape index (κ1) is 5.67. The van der Waals surface area contributed by atoms with Crippen LogP contribution >= 0.6 is 0 Å². The maximum Gasteiger partial charge on any atom is 0.0172 e. The zero-order chi connectivity index (χ0) is 5.82. The number of hydrogen-bond donors (Lipinski definition) is 1. The van der Waals surface area contributed by atoms with E-state index in [0.29, 0.717) is 0 Å². The molecule has 1 heterocycles. The van der Waals surface area contributed by atoms with Crippen molar-refractivity contribution in [2.75, 3.05) is 6.54 Å². The SMILES string of the molecule is CCC1CC=CNC1. The average molecular weight is 111 g/mol. The van der Waals surface area contributed by atoms with E-state index in [0.717, 1.165) is 5.92 Å². The van der Waals surface area contributed by atoms with Gasteiger partial charge in [0.05, 0.1) is 0 Å². The fourth-order valence-corrected chi connectivity index (χ4v) is 0.973. The Morgan fingerprint density at radius 2 is 2.62 bits per heavy atom. The van der Waals surface area contributed by atoms with E-state index >= 15 is 0 Å². The summed E-state index contributed by atoms with van der Waals surface area (Å²) in [6, 6.07) is 0. The van der Waals surface area contributed by atoms with Gasteiger partial charge < -0.3 is 5.32 Å². The van der Waals surface area contributed by atoms with E-state index < -0.39 is 0 Å². The van der Waals surface area contributed by atoms with Crippen molar-refractivity contribution in [2.45, 2.75) is 19.8 Å². The molecule has 1 aliphatic rings. The van der Waals surface area contributed by atoms with Crippen LogP contribution in [-0.4, -0.2) is 6.54 Å². The topological polar surface area (TPSA) is 12.0 Å². The Bertz CT molecular complexity index is 86.4. The van der Waals surface area contributed by atoms with Gasteiger partial charge in [-0.2, -0.15) is 0 Å². The van der Waals surface area contributed by atoms with Gasteiger partial charge in [0.2, 0.25) is 0 Å². The molecule has 0 aromatic carbocycles. The van der Waals surface area contributed by atoms with E-state index in [1.807, 2.05) is 6.20 Å². The van der Waals surface area contributed by atoms with E-state index in [4.69, 9.17) is 0 Å². The Kier molecular flexibility index (Phi) is 1.95. The zero-order valence-corrected chi connectivity index (χ0v) is 5.35. The molecule has 0 amide bonds. The molecule has 0 radical (unpaired) electrons. The summed E-state index contributed by atoms with van der Waals surface area (Å²) in [4.78, 5) is 0. The lowest BCUT2D eigenvalue weighted by atomic mass is 10.0. The Hall–Kier alpha value is -0.460. The van der Waals surface area contributed by atoms with Crippen LogP contribution in [-0.2, 0) is 0 Å². The van der Waals surface area contributed by atoms with Crippen LogP contribution < -0.4 is 5.32 Å². The number of allylic oxidation sites excluding steroid dienone is 1. The fraction of sp³-hybridized carbons (Fsp3) is 0.714. The first-order valence-corrected chi connectivity index (χ1v) is 3.32. The zero-order valence-electron chi connectivity index (χ0n) is 5.35. The minimum Gasteiger partial charge on any atom is -0.391 e. The molecule has 1 atom stereocenters. The maximum absolute atomic E-state index is 3.21. The second kappa shape index (κ2) is 2.75. The quantitative estimate of drug-likeness (QED) is 0.541. The van der Waals surface area contributed by atoms with Gasteiger partial charge >= 0.3 is 0 Å². The standard InChI is InChI=1S/C7H13N/c1-2-7-4-3-5-8-6-7/h3,5,7-8H,2,4,6H2,1H3. The van der Waals surface area contributed by atoms with Gasteiger partial charge in [-0.3, -0.25) is 0 Å². The van der Waals surface area contributed by atoms with Crippen molar-refractivity contribution in [1.29, 1.82) is 0 Å². The van der Waals surface area contributed by atoms with E-state index in [1.165, 1.54) is 19.4 Å². The van der Waals surface area contributed by atoms with Crippen molar-refractivity contribution in [3.8, 4) is 0 Å². The van der Waals surface area contributed by atoms with Crippen molar-refractivity contribution < 1.29 is 0 Å². The number of nitrogens with one attached hydrogen (secondary N) is 1. The van der Waals surface area contributed by atoms with E-state index in [-0.39, 0.29) is 0 Å². The van der Waals surface area contributed by atoms with E-state index in [9.17, 15) is 0 Å². The van der Waals surface area contributed by atoms with Gasteiger partial charge in [-0.15, -0.1) is 0 Å². The maximum atomic E-state index is 3.21. The molecule has 46 valence electrons. The Balaban J connectivity index is 2.27. The van der Waals surface area contributed by atoms with Gasteiger partial charge in [0.15, 0.2) is 0 Å². The molecule has 0 fully saturated rings. The molecule has 1 rings (SSSR count). The molecule has 0 saturated heterocycles. The highest BCUT2D eigenvalue weighted by atomic mass is 14.8. The largest absolute Gasteiger partial charge is 0.391 e. The second-order valence-corrected chi connectivity index (χ2v) is 2.32. The molecule has 0 saturated carbocycles. The number of hydrogen-bond acceptors (Lipinski definition) is 1. The highest BCUT2D eigenvalue weighted by Crippen LogP contribution is 2.09. The minimum absolute atomic E-state index is 0.889. The molecule has 1 unspecified atom stereocenters. The monoisotopic (exact) mass is 111 g/mol. The summed E-state index contributed by atoms with van der Waals surface area (Å²) in [5.74, 6) is 0.889. The van der Waals surface area contributed by atoms with Crippen LogP contribution in [0.15, 0.2) is 12.3 Å². The summed E-state index contributed by atoms with van der Waals surface area (Å²) >= 11 is 0. The molecular weight excluding hydrogens is 98.1 g/mol. The lowest BCUT2D eigenvalue weighted by Crippen LogP contribution is -2.20. The summed E-state index contributed by atoms with van der Waals surface area (Å²) in [5.41, 5.74) is 0. The molecule has 1 heteroatoms. The molecule has 0 aromatic rings. The van der Waals surface area contributed by atoms with Gasteiger partial charge in [0.25, 0.3) is 0 Å². The van der Waals surface area contributed by atoms with Crippen molar-refractivity contribution in [2.24, 2.45) is 5.92 Å². The first-order valence-electron chi connectivity index (χ1n) is 3.32. The molecule has 0 bridgehead atoms. The van der Waals surface area contributed by atoms with Crippen molar-refractivity contribution in [3.05, 3.63) is 12.3 Å². The van der Waals surface area contributed by atoms with Crippen LogP contribution in [0.4, 0.5) is 0 Å². The van der Waals surface area contributed by atoms with Crippen molar-refractivity contribution in [1.82, 2.24) is 5.32 Å². The molecule has 0 spiro atoms. The van der Waals surface area contributed by atoms with Crippen LogP contribution in [0.5, 0.6) is 0 Å². The van der Waals surface area contributed by atoms with Crippen LogP contribution in [0.25, 0.3) is 0 Å². The summed E-state index contributed by atoms with van der Waals surface area (Å²) in [5, 5.41) is 3.21. The van der Waals surface area contributed by atoms with Crippen LogP contribution in [0, 0.1) is 5.92 Å². The van der Waals surface area contributed by atoms with Crippen LogP contribution in [0.3, 0.4) is 0 Å². The van der Waals surface area contributed by atoms with Gasteiger partial charge in [-0.05, 0) is 18.5 Å². The van der Waals surface area contributed by atoms with Gasteiger partial charge in [-0.25, -0.2) is 0 Å². The predicted octanol–water partition coefficient (Wildman–Crippen LogP) is 1.52. The highest BCUT2D eigenvalue weighted by molar-refractivity contribution is 4.88. The van der Waals surface area contributed by atoms with Crippen molar-refractivity contribution >= 4 is 0 Å². The fourth-order valence-electron chi connectivity index (χ4n) is 0.973. The Labute approximate surface area is 50.8 Å². The molecule has 1 aliphatic heterocycles. The van der Waals surface area contributed by atoms with Crippen LogP contribution in [0.2, 0.25) is 0 Å². The van der Waals surface area contributed by atoms with Gasteiger partial charge in [0.1, 0.15) is 0 Å². The van der Waals surface area contributed by atoms with Crippen molar-refractivity contribution in [3.63, 3.8) is 0 Å². The van der Waals surface area contributed by atoms with Gasteiger partial charge in [0, 0.05) is 6.54 Å². The average Bonchev–Trinajstić information content (AvgIpc) is 1.90. The van der Waals surface area contributed by atoms with E-state index in [2.05, 4.69) is 18.3 Å². The lowest BCUT2D eigenvalue weighted by Gasteiger charge is -2.15. The summed E-state index contributed by atoms with van der Waals surface area (Å²) < 4.78 is 0. The third-order valence-electron chi connectivity index (χ3n) is 1.69. The third kappa shape index (κ3) is 1.25. The van der Waals surface area contributed by atoms with Crippen LogP contribution in [0.1, 0.15) is 19.8 Å². The van der Waals surface area contributed by atoms with E-state index in [1.54, 1.807) is 0 Å². The Morgan fingerprint density at radius 3 is 3.00 bits per heavy atom. The molecule has 0 aliphatic carbocycles. The molecule has 1 nitrogen and oxygen atoms in total. The second-order valence-electron chi connectivity index (χ2n) is 2.32. The molecule has 0 aromatic heterocycles. The number of rotatable bonds is 1. The summed E-state index contributed by atoms with van der Waals surface area (Å²) in [7, 11) is 0. The first-order chi connectivity index (χ1) is 3.93. The minimum atomic E-state index is 0.889. The molecule has 8 heavy (non-hydrogen) atoms. The predicted molar refractivity (Wildman–Crippen MR) is 35.5 cm³/mol. The summed E-state index contributed by atoms with van der Waals surface area (Å²) in [6.45, 7) is 3.42. The molecule has 1 N–H and O–H groups in total. The lowest BCUT2D eigenvalue weighted by molar-refractivity contribution is 0.480. The summed E-state index contributed by atoms with van der Waals surface area (Å²) in [6.07, 6.45) is 6.82. The highest BCUT2D eigenvalue weighted by Gasteiger charge is 2.04. The normalized spacial score (nSPS) is 27.4. The third-order valence-corrected chi connectivity index (χ3v) is 1.69. The molecular formula is C7H13N. The smallest absolute Gasteiger partial charge is 0.0172 e.